The Labute approximate surface area is 89.1 Å². The minimum atomic E-state index is 0.581. The highest BCUT2D eigenvalue weighted by molar-refractivity contribution is 5.57. The predicted molar refractivity (Wildman–Crippen MR) is 57.7 cm³/mol. The molecule has 0 bridgehead atoms. The van der Waals surface area contributed by atoms with E-state index in [0.717, 1.165) is 24.0 Å². The van der Waals surface area contributed by atoms with E-state index in [9.17, 15) is 4.79 Å². The lowest BCUT2D eigenvalue weighted by Crippen LogP contribution is -1.94. The molecule has 15 heavy (non-hydrogen) atoms. The monoisotopic (exact) mass is 200 g/mol. The van der Waals surface area contributed by atoms with Gasteiger partial charge in [0.2, 0.25) is 6.08 Å². The molecule has 0 N–H and O–H groups in total. The first-order valence-corrected chi connectivity index (χ1v) is 4.90. The van der Waals surface area contributed by atoms with E-state index in [2.05, 4.69) is 11.1 Å². The zero-order valence-electron chi connectivity index (χ0n) is 8.87. The van der Waals surface area contributed by atoms with Crippen molar-refractivity contribution in [3.63, 3.8) is 0 Å². The Morgan fingerprint density at radius 3 is 2.13 bits per heavy atom. The summed E-state index contributed by atoms with van der Waals surface area (Å²) in [6.07, 6.45) is 3.04. The van der Waals surface area contributed by atoms with E-state index in [-0.39, 0.29) is 0 Å². The van der Waals surface area contributed by atoms with Crippen LogP contribution in [0.4, 0.5) is 5.69 Å². The third kappa shape index (κ3) is 2.31. The van der Waals surface area contributed by atoms with E-state index in [1.807, 2.05) is 13.8 Å². The van der Waals surface area contributed by atoms with E-state index in [1.54, 1.807) is 12.1 Å². The van der Waals surface area contributed by atoms with Crippen LogP contribution in [0.15, 0.2) is 17.1 Å². The second-order valence-corrected chi connectivity index (χ2v) is 3.16. The number of hydrogen-bond acceptors (Lipinski definition) is 3. The maximum Gasteiger partial charge on any atom is 0.240 e. The van der Waals surface area contributed by atoms with Gasteiger partial charge in [-0.2, -0.15) is 10.3 Å². The van der Waals surface area contributed by atoms with Gasteiger partial charge in [-0.05, 0) is 36.1 Å². The minimum Gasteiger partial charge on any atom is -0.211 e. The third-order valence-corrected chi connectivity index (χ3v) is 2.33. The van der Waals surface area contributed by atoms with E-state index in [4.69, 9.17) is 5.26 Å². The van der Waals surface area contributed by atoms with Crippen LogP contribution in [0, 0.1) is 11.3 Å². The van der Waals surface area contributed by atoms with Crippen LogP contribution < -0.4 is 0 Å². The summed E-state index contributed by atoms with van der Waals surface area (Å²) in [5.41, 5.74) is 3.17. The highest BCUT2D eigenvalue weighted by atomic mass is 16.1. The van der Waals surface area contributed by atoms with E-state index < -0.39 is 0 Å². The molecule has 0 saturated heterocycles. The second-order valence-electron chi connectivity index (χ2n) is 3.16. The Bertz CT molecular complexity index is 426. The van der Waals surface area contributed by atoms with Crippen LogP contribution in [-0.4, -0.2) is 6.08 Å². The van der Waals surface area contributed by atoms with Crippen LogP contribution in [-0.2, 0) is 17.6 Å². The highest BCUT2D eigenvalue weighted by Gasteiger charge is 2.07. The van der Waals surface area contributed by atoms with Crippen LogP contribution >= 0.6 is 0 Å². The fraction of sp³-hybridized carbons (Fsp3) is 0.333. The van der Waals surface area contributed by atoms with Crippen molar-refractivity contribution in [2.45, 2.75) is 26.7 Å². The zero-order valence-corrected chi connectivity index (χ0v) is 8.87. The standard InChI is InChI=1S/C12H12N2O/c1-3-9-5-11(14-8-15)6-10(4-2)12(9)7-13/h5-6H,3-4H2,1-2H3. The van der Waals surface area contributed by atoms with Crippen LogP contribution in [0.2, 0.25) is 0 Å². The molecule has 76 valence electrons. The predicted octanol–water partition coefficient (Wildman–Crippen LogP) is 2.65. The van der Waals surface area contributed by atoms with Gasteiger partial charge in [0, 0.05) is 0 Å². The summed E-state index contributed by atoms with van der Waals surface area (Å²) in [5, 5.41) is 9.02. The maximum absolute atomic E-state index is 10.2. The van der Waals surface area contributed by atoms with Crippen LogP contribution in [0.25, 0.3) is 0 Å². The number of aliphatic imine (C=N–C) groups is 1. The Kier molecular flexibility index (Phi) is 3.79. The number of rotatable bonds is 3. The van der Waals surface area contributed by atoms with Crippen molar-refractivity contribution in [2.24, 2.45) is 4.99 Å². The molecule has 3 nitrogen and oxygen atoms in total. The number of nitrogens with zero attached hydrogens (tertiary/aromatic N) is 2. The lowest BCUT2D eigenvalue weighted by Gasteiger charge is -2.07. The zero-order chi connectivity index (χ0) is 11.3. The molecule has 0 aliphatic heterocycles. The fourth-order valence-corrected chi connectivity index (χ4v) is 1.57. The number of isocyanates is 1. The summed E-state index contributed by atoms with van der Waals surface area (Å²) in [7, 11) is 0. The van der Waals surface area contributed by atoms with Crippen molar-refractivity contribution in [3.05, 3.63) is 28.8 Å². The average Bonchev–Trinajstić information content (AvgIpc) is 2.28. The molecule has 1 aromatic rings. The molecule has 1 rings (SSSR count). The molecular formula is C12H12N2O. The molecule has 0 amide bonds. The van der Waals surface area contributed by atoms with E-state index in [1.165, 1.54) is 6.08 Å². The summed E-state index contributed by atoms with van der Waals surface area (Å²) >= 11 is 0. The number of benzene rings is 1. The summed E-state index contributed by atoms with van der Waals surface area (Å²) in [6, 6.07) is 5.73. The van der Waals surface area contributed by atoms with Gasteiger partial charge in [0.1, 0.15) is 0 Å². The van der Waals surface area contributed by atoms with Gasteiger partial charge in [-0.15, -0.1) is 0 Å². The van der Waals surface area contributed by atoms with Gasteiger partial charge in [0.25, 0.3) is 0 Å². The third-order valence-electron chi connectivity index (χ3n) is 2.33. The Morgan fingerprint density at radius 1 is 1.27 bits per heavy atom. The largest absolute Gasteiger partial charge is 0.240 e. The molecule has 0 atom stereocenters. The van der Waals surface area contributed by atoms with Gasteiger partial charge < -0.3 is 0 Å². The van der Waals surface area contributed by atoms with E-state index in [0.29, 0.717) is 11.3 Å². The number of hydrogen-bond donors (Lipinski definition) is 0. The lowest BCUT2D eigenvalue weighted by molar-refractivity contribution is 0.565. The van der Waals surface area contributed by atoms with Crippen LogP contribution in [0.1, 0.15) is 30.5 Å². The summed E-state index contributed by atoms with van der Waals surface area (Å²) in [4.78, 5) is 13.8. The van der Waals surface area contributed by atoms with Crippen molar-refractivity contribution in [1.29, 1.82) is 5.26 Å². The lowest BCUT2D eigenvalue weighted by atomic mass is 9.97. The summed E-state index contributed by atoms with van der Waals surface area (Å²) < 4.78 is 0. The molecule has 0 aromatic heterocycles. The fourth-order valence-electron chi connectivity index (χ4n) is 1.57. The number of aryl methyl sites for hydroxylation is 2. The van der Waals surface area contributed by atoms with Gasteiger partial charge in [-0.25, -0.2) is 4.79 Å². The highest BCUT2D eigenvalue weighted by Crippen LogP contribution is 2.23. The van der Waals surface area contributed by atoms with Crippen molar-refractivity contribution < 1.29 is 4.79 Å². The van der Waals surface area contributed by atoms with Gasteiger partial charge in [0.05, 0.1) is 17.3 Å². The molecule has 0 spiro atoms. The van der Waals surface area contributed by atoms with Crippen molar-refractivity contribution in [1.82, 2.24) is 0 Å². The smallest absolute Gasteiger partial charge is 0.211 e. The van der Waals surface area contributed by atoms with Gasteiger partial charge >= 0.3 is 0 Å². The van der Waals surface area contributed by atoms with Gasteiger partial charge in [-0.3, -0.25) is 0 Å². The first-order valence-electron chi connectivity index (χ1n) is 4.90. The minimum absolute atomic E-state index is 0.581. The Morgan fingerprint density at radius 2 is 1.80 bits per heavy atom. The molecule has 0 saturated carbocycles. The molecular weight excluding hydrogens is 188 g/mol. The normalized spacial score (nSPS) is 9.13. The Hall–Kier alpha value is -1.91. The number of nitriles is 1. The molecule has 0 aliphatic carbocycles. The first-order chi connectivity index (χ1) is 7.26. The molecule has 0 radical (unpaired) electrons. The van der Waals surface area contributed by atoms with Crippen molar-refractivity contribution in [3.8, 4) is 6.07 Å². The molecule has 0 aliphatic rings. The number of carbonyl (C=O) groups excluding carboxylic acids is 1. The summed E-state index contributed by atoms with van der Waals surface area (Å²) in [5.74, 6) is 0. The SMILES string of the molecule is CCc1cc(N=C=O)cc(CC)c1C#N. The topological polar surface area (TPSA) is 53.2 Å². The molecule has 0 fully saturated rings. The molecule has 3 heteroatoms. The quantitative estimate of drug-likeness (QED) is 0.556. The van der Waals surface area contributed by atoms with Gasteiger partial charge in [-0.1, -0.05) is 13.8 Å². The van der Waals surface area contributed by atoms with E-state index >= 15 is 0 Å². The molecule has 1 aromatic carbocycles. The second kappa shape index (κ2) is 5.09. The van der Waals surface area contributed by atoms with Crippen LogP contribution in [0.3, 0.4) is 0 Å². The van der Waals surface area contributed by atoms with Gasteiger partial charge in [0.15, 0.2) is 0 Å². The van der Waals surface area contributed by atoms with Crippen LogP contribution in [0.5, 0.6) is 0 Å². The summed E-state index contributed by atoms with van der Waals surface area (Å²) in [6.45, 7) is 3.95. The van der Waals surface area contributed by atoms with Crippen molar-refractivity contribution in [2.75, 3.05) is 0 Å². The molecule has 0 heterocycles. The molecule has 0 unspecified atom stereocenters. The average molecular weight is 200 g/mol. The maximum atomic E-state index is 10.2. The van der Waals surface area contributed by atoms with Crippen molar-refractivity contribution >= 4 is 11.8 Å². The Balaban J connectivity index is 3.43. The first kappa shape index (κ1) is 11.2.